The lowest BCUT2D eigenvalue weighted by atomic mass is 9.96. The molecular formula is C19H21N7O. The van der Waals surface area contributed by atoms with Crippen LogP contribution in [0.1, 0.15) is 30.4 Å². The lowest BCUT2D eigenvalue weighted by molar-refractivity contribution is 0.446. The van der Waals surface area contributed by atoms with E-state index in [2.05, 4.69) is 36.7 Å². The fourth-order valence-electron chi connectivity index (χ4n) is 3.74. The molecule has 0 atom stereocenters. The number of imidazole rings is 1. The van der Waals surface area contributed by atoms with Gasteiger partial charge in [0.15, 0.2) is 11.4 Å². The molecule has 5 rings (SSSR count). The first-order chi connectivity index (χ1) is 13.3. The zero-order chi connectivity index (χ0) is 18.2. The van der Waals surface area contributed by atoms with Gasteiger partial charge < -0.3 is 18.5 Å². The molecular weight excluding hydrogens is 342 g/mol. The van der Waals surface area contributed by atoms with Crippen LogP contribution < -0.4 is 4.90 Å². The molecule has 8 nitrogen and oxygen atoms in total. The Bertz CT molecular complexity index is 1010. The standard InChI is InChI=1S/C19H21N7O/c1-24-17(12-25-11-8-20-13-25)22-23-18(24)14-6-9-26(10-7-14)19-21-15-4-2-3-5-16(15)27-19/h2-5,8,11,13-14H,6-7,9-10,12H2,1H3. The molecule has 0 aliphatic carbocycles. The minimum Gasteiger partial charge on any atom is -0.423 e. The second-order valence-corrected chi connectivity index (χ2v) is 6.99. The highest BCUT2D eigenvalue weighted by atomic mass is 16.4. The summed E-state index contributed by atoms with van der Waals surface area (Å²) < 4.78 is 10.0. The number of hydrogen-bond acceptors (Lipinski definition) is 6. The average Bonchev–Trinajstić information content (AvgIpc) is 3.43. The van der Waals surface area contributed by atoms with Gasteiger partial charge in [0.1, 0.15) is 11.3 Å². The number of rotatable bonds is 4. The van der Waals surface area contributed by atoms with Crippen LogP contribution in [-0.4, -0.2) is 42.4 Å². The van der Waals surface area contributed by atoms with Crippen molar-refractivity contribution >= 4 is 17.1 Å². The summed E-state index contributed by atoms with van der Waals surface area (Å²) in [7, 11) is 2.05. The number of oxazole rings is 1. The number of nitrogens with zero attached hydrogens (tertiary/aromatic N) is 7. The quantitative estimate of drug-likeness (QED) is 0.555. The molecule has 0 unspecified atom stereocenters. The highest BCUT2D eigenvalue weighted by Crippen LogP contribution is 2.30. The predicted molar refractivity (Wildman–Crippen MR) is 101 cm³/mol. The molecule has 1 fully saturated rings. The normalized spacial score (nSPS) is 15.7. The summed E-state index contributed by atoms with van der Waals surface area (Å²) in [5, 5.41) is 8.87. The van der Waals surface area contributed by atoms with Crippen LogP contribution in [0.4, 0.5) is 6.01 Å². The van der Waals surface area contributed by atoms with Crippen molar-refractivity contribution in [1.82, 2.24) is 29.3 Å². The van der Waals surface area contributed by atoms with Crippen LogP contribution in [0.3, 0.4) is 0 Å². The van der Waals surface area contributed by atoms with Crippen LogP contribution in [0.2, 0.25) is 0 Å². The number of aromatic nitrogens is 6. The van der Waals surface area contributed by atoms with E-state index < -0.39 is 0 Å². The first kappa shape index (κ1) is 16.0. The summed E-state index contributed by atoms with van der Waals surface area (Å²) in [5.74, 6) is 2.41. The van der Waals surface area contributed by atoms with E-state index in [-0.39, 0.29) is 0 Å². The molecule has 138 valence electrons. The third-order valence-electron chi connectivity index (χ3n) is 5.30. The molecule has 4 heterocycles. The van der Waals surface area contributed by atoms with E-state index in [1.807, 2.05) is 35.0 Å². The molecule has 0 saturated carbocycles. The Hall–Kier alpha value is -3.16. The Labute approximate surface area is 156 Å². The summed E-state index contributed by atoms with van der Waals surface area (Å²) in [5.41, 5.74) is 1.75. The van der Waals surface area contributed by atoms with Crippen molar-refractivity contribution in [3.63, 3.8) is 0 Å². The lowest BCUT2D eigenvalue weighted by Crippen LogP contribution is -2.33. The van der Waals surface area contributed by atoms with Gasteiger partial charge in [-0.15, -0.1) is 10.2 Å². The van der Waals surface area contributed by atoms with Crippen molar-refractivity contribution in [3.8, 4) is 0 Å². The van der Waals surface area contributed by atoms with Crippen molar-refractivity contribution in [1.29, 1.82) is 0 Å². The zero-order valence-electron chi connectivity index (χ0n) is 15.2. The van der Waals surface area contributed by atoms with Gasteiger partial charge in [-0.1, -0.05) is 12.1 Å². The SMILES string of the molecule is Cn1c(Cn2ccnc2)nnc1C1CCN(c2nc3ccccc3o2)CC1. The minimum absolute atomic E-state index is 0.402. The van der Waals surface area contributed by atoms with Crippen molar-refractivity contribution in [2.45, 2.75) is 25.3 Å². The van der Waals surface area contributed by atoms with Crippen LogP contribution in [-0.2, 0) is 13.6 Å². The molecule has 3 aromatic heterocycles. The molecule has 1 saturated heterocycles. The maximum absolute atomic E-state index is 5.91. The van der Waals surface area contributed by atoms with Gasteiger partial charge in [0, 0.05) is 38.4 Å². The average molecular weight is 363 g/mol. The molecule has 27 heavy (non-hydrogen) atoms. The fourth-order valence-corrected chi connectivity index (χ4v) is 3.74. The molecule has 1 aromatic carbocycles. The largest absolute Gasteiger partial charge is 0.423 e. The van der Waals surface area contributed by atoms with Crippen LogP contribution in [0.25, 0.3) is 11.1 Å². The molecule has 0 spiro atoms. The van der Waals surface area contributed by atoms with Crippen LogP contribution >= 0.6 is 0 Å². The number of anilines is 1. The van der Waals surface area contributed by atoms with E-state index in [1.54, 1.807) is 12.5 Å². The fraction of sp³-hybridized carbons (Fsp3) is 0.368. The van der Waals surface area contributed by atoms with Crippen LogP contribution in [0, 0.1) is 0 Å². The monoisotopic (exact) mass is 363 g/mol. The van der Waals surface area contributed by atoms with Gasteiger partial charge in [-0.25, -0.2) is 4.98 Å². The van der Waals surface area contributed by atoms with E-state index in [9.17, 15) is 0 Å². The lowest BCUT2D eigenvalue weighted by Gasteiger charge is -2.30. The molecule has 4 aromatic rings. The van der Waals surface area contributed by atoms with E-state index in [1.165, 1.54) is 0 Å². The summed E-state index contributed by atoms with van der Waals surface area (Å²) in [6.45, 7) is 2.49. The number of fused-ring (bicyclic) bond motifs is 1. The Kier molecular flexibility index (Phi) is 3.88. The number of benzene rings is 1. The molecule has 0 bridgehead atoms. The number of piperidine rings is 1. The Morgan fingerprint density at radius 2 is 2.00 bits per heavy atom. The summed E-state index contributed by atoms with van der Waals surface area (Å²) in [6, 6.07) is 8.61. The molecule has 1 aliphatic rings. The number of hydrogen-bond donors (Lipinski definition) is 0. The molecule has 8 heteroatoms. The second kappa shape index (κ2) is 6.53. The van der Waals surface area contributed by atoms with E-state index in [0.717, 1.165) is 48.7 Å². The minimum atomic E-state index is 0.402. The van der Waals surface area contributed by atoms with Gasteiger partial charge in [0.25, 0.3) is 6.01 Å². The van der Waals surface area contributed by atoms with Gasteiger partial charge in [0.05, 0.1) is 12.9 Å². The zero-order valence-corrected chi connectivity index (χ0v) is 15.2. The molecule has 0 amide bonds. The van der Waals surface area contributed by atoms with Crippen LogP contribution in [0.15, 0.2) is 47.4 Å². The van der Waals surface area contributed by atoms with Gasteiger partial charge >= 0.3 is 0 Å². The molecule has 0 N–H and O–H groups in total. The Balaban J connectivity index is 1.28. The highest BCUT2D eigenvalue weighted by molar-refractivity contribution is 5.74. The third kappa shape index (κ3) is 2.97. The Morgan fingerprint density at radius 3 is 2.78 bits per heavy atom. The second-order valence-electron chi connectivity index (χ2n) is 6.99. The van der Waals surface area contributed by atoms with Gasteiger partial charge in [-0.2, -0.15) is 4.98 Å². The van der Waals surface area contributed by atoms with E-state index in [0.29, 0.717) is 18.5 Å². The van der Waals surface area contributed by atoms with E-state index >= 15 is 0 Å². The summed E-state index contributed by atoms with van der Waals surface area (Å²) in [6.07, 6.45) is 7.53. The van der Waals surface area contributed by atoms with Gasteiger partial charge in [-0.05, 0) is 25.0 Å². The van der Waals surface area contributed by atoms with Crippen molar-refractivity contribution in [3.05, 3.63) is 54.6 Å². The van der Waals surface area contributed by atoms with E-state index in [4.69, 9.17) is 4.42 Å². The molecule has 1 aliphatic heterocycles. The number of para-hydroxylation sites is 2. The Morgan fingerprint density at radius 1 is 1.15 bits per heavy atom. The summed E-state index contributed by atoms with van der Waals surface area (Å²) >= 11 is 0. The maximum Gasteiger partial charge on any atom is 0.298 e. The highest BCUT2D eigenvalue weighted by Gasteiger charge is 2.27. The summed E-state index contributed by atoms with van der Waals surface area (Å²) in [4.78, 5) is 10.9. The predicted octanol–water partition coefficient (Wildman–Crippen LogP) is 2.59. The van der Waals surface area contributed by atoms with Crippen molar-refractivity contribution in [2.24, 2.45) is 7.05 Å². The van der Waals surface area contributed by atoms with Crippen molar-refractivity contribution in [2.75, 3.05) is 18.0 Å². The van der Waals surface area contributed by atoms with Crippen molar-refractivity contribution < 1.29 is 4.42 Å². The molecule has 0 radical (unpaired) electrons. The third-order valence-corrected chi connectivity index (χ3v) is 5.30. The van der Waals surface area contributed by atoms with Crippen LogP contribution in [0.5, 0.6) is 0 Å². The van der Waals surface area contributed by atoms with Gasteiger partial charge in [0.2, 0.25) is 0 Å². The maximum atomic E-state index is 5.91. The topological polar surface area (TPSA) is 77.8 Å². The van der Waals surface area contributed by atoms with Gasteiger partial charge in [-0.3, -0.25) is 0 Å². The smallest absolute Gasteiger partial charge is 0.298 e. The first-order valence-corrected chi connectivity index (χ1v) is 9.22. The first-order valence-electron chi connectivity index (χ1n) is 9.22.